The summed E-state index contributed by atoms with van der Waals surface area (Å²) in [5, 5.41) is 31.1. The van der Waals surface area contributed by atoms with Crippen LogP contribution in [-0.2, 0) is 0 Å². The van der Waals surface area contributed by atoms with E-state index in [1.54, 1.807) is 6.92 Å². The quantitative estimate of drug-likeness (QED) is 0.481. The van der Waals surface area contributed by atoms with Gasteiger partial charge in [0.2, 0.25) is 5.75 Å². The Kier molecular flexibility index (Phi) is 5.88. The molecule has 0 spiro atoms. The minimum absolute atomic E-state index is 0.00573. The van der Waals surface area contributed by atoms with Crippen LogP contribution in [0, 0.1) is 10.1 Å². The van der Waals surface area contributed by atoms with Crippen LogP contribution in [-0.4, -0.2) is 46.9 Å². The predicted molar refractivity (Wildman–Crippen MR) is 69.7 cm³/mol. The first-order valence-corrected chi connectivity index (χ1v) is 5.98. The van der Waals surface area contributed by atoms with Crippen LogP contribution < -0.4 is 10.1 Å². The lowest BCUT2D eigenvalue weighted by molar-refractivity contribution is -0.385. The number of amides is 1. The number of nitrogens with zero attached hydrogens (tertiary/aromatic N) is 1. The number of para-hydroxylation sites is 1. The number of hydrogen-bond donors (Lipinski definition) is 3. The molecule has 1 aromatic carbocycles. The monoisotopic (exact) mass is 284 g/mol. The largest absolute Gasteiger partial charge is 0.487 e. The number of ether oxygens (including phenoxy) is 1. The highest BCUT2D eigenvalue weighted by Crippen LogP contribution is 2.30. The first kappa shape index (κ1) is 15.9. The van der Waals surface area contributed by atoms with Crippen molar-refractivity contribution >= 4 is 11.6 Å². The van der Waals surface area contributed by atoms with Crippen molar-refractivity contribution in [1.29, 1.82) is 0 Å². The van der Waals surface area contributed by atoms with Crippen molar-refractivity contribution in [3.05, 3.63) is 33.9 Å². The average molecular weight is 284 g/mol. The molecule has 3 N–H and O–H groups in total. The van der Waals surface area contributed by atoms with Gasteiger partial charge in [0.05, 0.1) is 29.8 Å². The average Bonchev–Trinajstić information content (AvgIpc) is 2.44. The van der Waals surface area contributed by atoms with Gasteiger partial charge in [-0.1, -0.05) is 6.07 Å². The van der Waals surface area contributed by atoms with Crippen LogP contribution in [0.5, 0.6) is 5.75 Å². The third kappa shape index (κ3) is 3.90. The molecule has 8 heteroatoms. The van der Waals surface area contributed by atoms with E-state index in [1.807, 2.05) is 0 Å². The lowest BCUT2D eigenvalue weighted by atomic mass is 10.1. The van der Waals surface area contributed by atoms with Gasteiger partial charge < -0.3 is 20.3 Å². The summed E-state index contributed by atoms with van der Waals surface area (Å²) >= 11 is 0. The number of aliphatic hydroxyl groups is 2. The molecule has 0 radical (unpaired) electrons. The highest BCUT2D eigenvalue weighted by molar-refractivity contribution is 5.98. The van der Waals surface area contributed by atoms with Gasteiger partial charge in [0.25, 0.3) is 5.91 Å². The van der Waals surface area contributed by atoms with Crippen molar-refractivity contribution < 1.29 is 24.7 Å². The molecular weight excluding hydrogens is 268 g/mol. The van der Waals surface area contributed by atoms with Crippen LogP contribution in [0.15, 0.2) is 18.2 Å². The molecule has 0 heterocycles. The van der Waals surface area contributed by atoms with Gasteiger partial charge in [-0.3, -0.25) is 14.9 Å². The zero-order valence-electron chi connectivity index (χ0n) is 10.9. The molecule has 1 rings (SSSR count). The molecule has 1 unspecified atom stereocenters. The molecule has 0 bridgehead atoms. The van der Waals surface area contributed by atoms with E-state index in [-0.39, 0.29) is 30.2 Å². The standard InChI is InChI=1S/C12H16N2O6/c1-2-20-11-9(4-3-5-10(11)14(18)19)12(17)13-6-8(16)7-15/h3-5,8,15-16H,2,6-7H2,1H3,(H,13,17). The summed E-state index contributed by atoms with van der Waals surface area (Å²) in [5.41, 5.74) is -0.298. The normalized spacial score (nSPS) is 11.8. The van der Waals surface area contributed by atoms with E-state index in [9.17, 15) is 14.9 Å². The maximum absolute atomic E-state index is 11.9. The molecule has 0 saturated carbocycles. The van der Waals surface area contributed by atoms with Gasteiger partial charge in [0.15, 0.2) is 0 Å². The zero-order valence-corrected chi connectivity index (χ0v) is 10.9. The van der Waals surface area contributed by atoms with Crippen LogP contribution in [0.2, 0.25) is 0 Å². The number of nitrogens with one attached hydrogen (secondary N) is 1. The van der Waals surface area contributed by atoms with Gasteiger partial charge in [-0.2, -0.15) is 0 Å². The summed E-state index contributed by atoms with van der Waals surface area (Å²) in [6, 6.07) is 4.00. The molecule has 110 valence electrons. The Morgan fingerprint density at radius 1 is 1.55 bits per heavy atom. The molecule has 0 aliphatic rings. The number of nitro benzene ring substituents is 1. The number of nitro groups is 1. The van der Waals surface area contributed by atoms with Crippen molar-refractivity contribution in [3.63, 3.8) is 0 Å². The third-order valence-corrected chi connectivity index (χ3v) is 2.43. The molecule has 1 atom stereocenters. The van der Waals surface area contributed by atoms with E-state index in [4.69, 9.17) is 14.9 Å². The van der Waals surface area contributed by atoms with Crippen LogP contribution in [0.3, 0.4) is 0 Å². The lowest BCUT2D eigenvalue weighted by Gasteiger charge is -2.12. The van der Waals surface area contributed by atoms with E-state index >= 15 is 0 Å². The second-order valence-corrected chi connectivity index (χ2v) is 3.89. The third-order valence-electron chi connectivity index (χ3n) is 2.43. The molecule has 0 fully saturated rings. The Morgan fingerprint density at radius 3 is 2.80 bits per heavy atom. The van der Waals surface area contributed by atoms with Crippen LogP contribution >= 0.6 is 0 Å². The van der Waals surface area contributed by atoms with Crippen molar-refractivity contribution in [2.75, 3.05) is 19.8 Å². The first-order chi connectivity index (χ1) is 9.51. The number of carbonyl (C=O) groups excluding carboxylic acids is 1. The van der Waals surface area contributed by atoms with Gasteiger partial charge in [0, 0.05) is 12.6 Å². The Labute approximate surface area is 115 Å². The fourth-order valence-corrected chi connectivity index (χ4v) is 1.51. The number of rotatable bonds is 7. The summed E-state index contributed by atoms with van der Waals surface area (Å²) in [6.07, 6.45) is -1.09. The Hall–Kier alpha value is -2.19. The molecule has 1 amide bonds. The summed E-state index contributed by atoms with van der Waals surface area (Å²) in [5.74, 6) is -0.736. The van der Waals surface area contributed by atoms with E-state index in [0.29, 0.717) is 0 Å². The van der Waals surface area contributed by atoms with Gasteiger partial charge in [-0.15, -0.1) is 0 Å². The molecule has 0 aliphatic heterocycles. The smallest absolute Gasteiger partial charge is 0.311 e. The maximum Gasteiger partial charge on any atom is 0.311 e. The van der Waals surface area contributed by atoms with Crippen LogP contribution in [0.4, 0.5) is 5.69 Å². The Balaban J connectivity index is 3.01. The molecule has 0 saturated heterocycles. The fraction of sp³-hybridized carbons (Fsp3) is 0.417. The molecular formula is C12H16N2O6. The zero-order chi connectivity index (χ0) is 15.1. The predicted octanol–water partition coefficient (Wildman–Crippen LogP) is 0.0765. The number of hydrogen-bond acceptors (Lipinski definition) is 6. The van der Waals surface area contributed by atoms with Crippen LogP contribution in [0.1, 0.15) is 17.3 Å². The van der Waals surface area contributed by atoms with Gasteiger partial charge in [-0.05, 0) is 13.0 Å². The topological polar surface area (TPSA) is 122 Å². The van der Waals surface area contributed by atoms with Gasteiger partial charge in [0.1, 0.15) is 0 Å². The molecule has 1 aromatic rings. The Bertz CT molecular complexity index is 491. The van der Waals surface area contributed by atoms with Crippen molar-refractivity contribution in [3.8, 4) is 5.75 Å². The highest BCUT2D eigenvalue weighted by atomic mass is 16.6. The fourth-order valence-electron chi connectivity index (χ4n) is 1.51. The molecule has 20 heavy (non-hydrogen) atoms. The minimum Gasteiger partial charge on any atom is -0.487 e. The second kappa shape index (κ2) is 7.41. The summed E-state index contributed by atoms with van der Waals surface area (Å²) in [6.45, 7) is 1.16. The van der Waals surface area contributed by atoms with Crippen LogP contribution in [0.25, 0.3) is 0 Å². The van der Waals surface area contributed by atoms with Gasteiger partial charge in [-0.25, -0.2) is 0 Å². The number of benzene rings is 1. The van der Waals surface area contributed by atoms with Crippen molar-refractivity contribution in [2.24, 2.45) is 0 Å². The molecule has 8 nitrogen and oxygen atoms in total. The summed E-state index contributed by atoms with van der Waals surface area (Å²) in [7, 11) is 0. The second-order valence-electron chi connectivity index (χ2n) is 3.89. The number of carbonyl (C=O) groups is 1. The lowest BCUT2D eigenvalue weighted by Crippen LogP contribution is -2.34. The molecule has 0 aliphatic carbocycles. The van der Waals surface area contributed by atoms with Crippen molar-refractivity contribution in [1.82, 2.24) is 5.32 Å². The van der Waals surface area contributed by atoms with E-state index in [0.717, 1.165) is 0 Å². The maximum atomic E-state index is 11.9. The number of aliphatic hydroxyl groups excluding tert-OH is 2. The van der Waals surface area contributed by atoms with E-state index in [2.05, 4.69) is 5.32 Å². The minimum atomic E-state index is -1.09. The summed E-state index contributed by atoms with van der Waals surface area (Å²) in [4.78, 5) is 22.2. The van der Waals surface area contributed by atoms with Gasteiger partial charge >= 0.3 is 5.69 Å². The first-order valence-electron chi connectivity index (χ1n) is 5.98. The van der Waals surface area contributed by atoms with Crippen molar-refractivity contribution in [2.45, 2.75) is 13.0 Å². The van der Waals surface area contributed by atoms with E-state index in [1.165, 1.54) is 18.2 Å². The summed E-state index contributed by atoms with van der Waals surface area (Å²) < 4.78 is 5.17. The molecule has 0 aromatic heterocycles. The highest BCUT2D eigenvalue weighted by Gasteiger charge is 2.23. The van der Waals surface area contributed by atoms with E-state index < -0.39 is 23.5 Å². The Morgan fingerprint density at radius 2 is 2.25 bits per heavy atom. The SMILES string of the molecule is CCOc1c(C(=O)NCC(O)CO)cccc1[N+](=O)[O-].